The Kier molecular flexibility index (Phi) is 5.25. The van der Waals surface area contributed by atoms with Crippen molar-refractivity contribution in [3.8, 4) is 28.4 Å². The monoisotopic (exact) mass is 422 g/mol. The predicted octanol–water partition coefficient (Wildman–Crippen LogP) is 5.05. The van der Waals surface area contributed by atoms with Gasteiger partial charge in [-0.2, -0.15) is 0 Å². The SMILES string of the molecule is CCc1cc2c(=O)c(-c3ccc4c(c3)OCCO4)c(C)oc2cc1OC(=O)C(C)(C)C. The molecule has 1 aromatic heterocycles. The van der Waals surface area contributed by atoms with E-state index in [2.05, 4.69) is 0 Å². The van der Waals surface area contributed by atoms with Gasteiger partial charge < -0.3 is 18.6 Å². The Hall–Kier alpha value is -3.28. The maximum absolute atomic E-state index is 13.4. The highest BCUT2D eigenvalue weighted by Crippen LogP contribution is 2.36. The maximum Gasteiger partial charge on any atom is 0.316 e. The minimum atomic E-state index is -0.640. The van der Waals surface area contributed by atoms with Crippen LogP contribution in [-0.2, 0) is 11.2 Å². The van der Waals surface area contributed by atoms with Gasteiger partial charge in [-0.1, -0.05) is 13.0 Å². The molecule has 162 valence electrons. The summed E-state index contributed by atoms with van der Waals surface area (Å²) in [6.07, 6.45) is 0.607. The number of hydrogen-bond donors (Lipinski definition) is 0. The van der Waals surface area contributed by atoms with Gasteiger partial charge in [0, 0.05) is 6.07 Å². The van der Waals surface area contributed by atoms with Crippen molar-refractivity contribution >= 4 is 16.9 Å². The minimum absolute atomic E-state index is 0.140. The molecule has 0 radical (unpaired) electrons. The lowest BCUT2D eigenvalue weighted by Gasteiger charge is -2.19. The Morgan fingerprint density at radius 3 is 2.45 bits per heavy atom. The van der Waals surface area contributed by atoms with Crippen LogP contribution in [0.1, 0.15) is 39.0 Å². The molecule has 2 heterocycles. The standard InChI is InChI=1S/C25H26O6/c1-6-15-11-17-20(13-19(15)31-24(27)25(3,4)5)30-14(2)22(23(17)26)16-7-8-18-21(12-16)29-10-9-28-18/h7-8,11-13H,6,9-10H2,1-5H3. The topological polar surface area (TPSA) is 75.0 Å². The van der Waals surface area contributed by atoms with E-state index in [1.54, 1.807) is 52.0 Å². The molecule has 0 aliphatic carbocycles. The van der Waals surface area contributed by atoms with Gasteiger partial charge in [-0.3, -0.25) is 9.59 Å². The molecule has 1 aliphatic heterocycles. The summed E-state index contributed by atoms with van der Waals surface area (Å²) in [7, 11) is 0. The second-order valence-corrected chi connectivity index (χ2v) is 8.67. The lowest BCUT2D eigenvalue weighted by Crippen LogP contribution is -2.26. The number of benzene rings is 2. The lowest BCUT2D eigenvalue weighted by molar-refractivity contribution is -0.143. The van der Waals surface area contributed by atoms with Crippen molar-refractivity contribution in [1.29, 1.82) is 0 Å². The fourth-order valence-corrected chi connectivity index (χ4v) is 3.54. The molecule has 0 atom stereocenters. The molecular formula is C25H26O6. The minimum Gasteiger partial charge on any atom is -0.486 e. The highest BCUT2D eigenvalue weighted by molar-refractivity contribution is 5.86. The van der Waals surface area contributed by atoms with E-state index in [1.807, 2.05) is 13.0 Å². The molecule has 0 unspecified atom stereocenters. The van der Waals surface area contributed by atoms with E-state index in [0.29, 0.717) is 64.7 Å². The molecule has 0 saturated carbocycles. The number of rotatable bonds is 3. The molecular weight excluding hydrogens is 396 g/mol. The molecule has 3 aromatic rings. The quantitative estimate of drug-likeness (QED) is 0.434. The van der Waals surface area contributed by atoms with Crippen LogP contribution in [0.5, 0.6) is 17.2 Å². The van der Waals surface area contributed by atoms with Gasteiger partial charge in [-0.15, -0.1) is 0 Å². The van der Waals surface area contributed by atoms with Gasteiger partial charge in [-0.05, 0) is 63.4 Å². The summed E-state index contributed by atoms with van der Waals surface area (Å²) in [5, 5.41) is 0.447. The zero-order valence-corrected chi connectivity index (χ0v) is 18.5. The van der Waals surface area contributed by atoms with Crippen molar-refractivity contribution in [2.75, 3.05) is 13.2 Å². The Bertz CT molecular complexity index is 1230. The number of aryl methyl sites for hydroxylation is 2. The predicted molar refractivity (Wildman–Crippen MR) is 118 cm³/mol. The summed E-state index contributed by atoms with van der Waals surface area (Å²) in [6.45, 7) is 10.1. The first kappa shape index (κ1) is 21.0. The van der Waals surface area contributed by atoms with Crippen LogP contribution in [0.3, 0.4) is 0 Å². The fraction of sp³-hybridized carbons (Fsp3) is 0.360. The van der Waals surface area contributed by atoms with Crippen molar-refractivity contribution in [2.45, 2.75) is 41.0 Å². The average molecular weight is 422 g/mol. The third-order valence-corrected chi connectivity index (χ3v) is 5.28. The zero-order valence-electron chi connectivity index (χ0n) is 18.5. The molecule has 31 heavy (non-hydrogen) atoms. The lowest BCUT2D eigenvalue weighted by atomic mass is 9.97. The van der Waals surface area contributed by atoms with Crippen LogP contribution in [0, 0.1) is 12.3 Å². The summed E-state index contributed by atoms with van der Waals surface area (Å²) in [4.78, 5) is 25.8. The van der Waals surface area contributed by atoms with E-state index < -0.39 is 5.41 Å². The van der Waals surface area contributed by atoms with E-state index in [1.165, 1.54) is 0 Å². The van der Waals surface area contributed by atoms with Crippen LogP contribution in [0.2, 0.25) is 0 Å². The number of fused-ring (bicyclic) bond motifs is 2. The molecule has 0 spiro atoms. The number of ether oxygens (including phenoxy) is 3. The van der Waals surface area contributed by atoms with Crippen LogP contribution in [0.15, 0.2) is 39.5 Å². The number of esters is 1. The van der Waals surface area contributed by atoms with Crippen molar-refractivity contribution < 1.29 is 23.4 Å². The molecule has 6 heteroatoms. The Labute approximate surface area is 180 Å². The van der Waals surface area contributed by atoms with Gasteiger partial charge >= 0.3 is 5.97 Å². The highest BCUT2D eigenvalue weighted by Gasteiger charge is 2.25. The number of hydrogen-bond acceptors (Lipinski definition) is 6. The van der Waals surface area contributed by atoms with Gasteiger partial charge in [0.1, 0.15) is 30.3 Å². The second kappa shape index (κ2) is 7.76. The number of carbonyl (C=O) groups excluding carboxylic acids is 1. The molecule has 4 rings (SSSR count). The van der Waals surface area contributed by atoms with Crippen molar-refractivity contribution in [3.05, 3.63) is 51.9 Å². The van der Waals surface area contributed by atoms with Gasteiger partial charge in [-0.25, -0.2) is 0 Å². The molecule has 6 nitrogen and oxygen atoms in total. The average Bonchev–Trinajstić information content (AvgIpc) is 2.72. The maximum atomic E-state index is 13.4. The van der Waals surface area contributed by atoms with E-state index in [9.17, 15) is 9.59 Å². The van der Waals surface area contributed by atoms with Gasteiger partial charge in [0.15, 0.2) is 11.5 Å². The Morgan fingerprint density at radius 1 is 1.06 bits per heavy atom. The smallest absolute Gasteiger partial charge is 0.316 e. The van der Waals surface area contributed by atoms with Crippen LogP contribution in [0.25, 0.3) is 22.1 Å². The van der Waals surface area contributed by atoms with E-state index in [0.717, 1.165) is 5.56 Å². The largest absolute Gasteiger partial charge is 0.486 e. The molecule has 1 aliphatic rings. The third-order valence-electron chi connectivity index (χ3n) is 5.28. The van der Waals surface area contributed by atoms with Gasteiger partial charge in [0.05, 0.1) is 16.4 Å². The molecule has 0 saturated heterocycles. The van der Waals surface area contributed by atoms with Crippen molar-refractivity contribution in [3.63, 3.8) is 0 Å². The summed E-state index contributed by atoms with van der Waals surface area (Å²) >= 11 is 0. The normalized spacial score (nSPS) is 13.3. The molecule has 0 bridgehead atoms. The first-order chi connectivity index (χ1) is 14.7. The van der Waals surface area contributed by atoms with E-state index in [-0.39, 0.29) is 11.4 Å². The van der Waals surface area contributed by atoms with Gasteiger partial charge in [0.25, 0.3) is 0 Å². The fourth-order valence-electron chi connectivity index (χ4n) is 3.54. The highest BCUT2D eigenvalue weighted by atomic mass is 16.6. The summed E-state index contributed by atoms with van der Waals surface area (Å²) in [5.74, 6) is 1.84. The molecule has 0 N–H and O–H groups in total. The van der Waals surface area contributed by atoms with Gasteiger partial charge in [0.2, 0.25) is 5.43 Å². The second-order valence-electron chi connectivity index (χ2n) is 8.67. The van der Waals surface area contributed by atoms with Crippen LogP contribution in [-0.4, -0.2) is 19.2 Å². The third kappa shape index (κ3) is 3.90. The molecule has 2 aromatic carbocycles. The summed E-state index contributed by atoms with van der Waals surface area (Å²) in [6, 6.07) is 8.84. The van der Waals surface area contributed by atoms with Crippen molar-refractivity contribution in [1.82, 2.24) is 0 Å². The Balaban J connectivity index is 1.84. The molecule has 0 amide bonds. The first-order valence-electron chi connectivity index (χ1n) is 10.4. The molecule has 0 fully saturated rings. The van der Waals surface area contributed by atoms with Crippen molar-refractivity contribution in [2.24, 2.45) is 5.41 Å². The summed E-state index contributed by atoms with van der Waals surface area (Å²) < 4.78 is 22.9. The van der Waals surface area contributed by atoms with E-state index >= 15 is 0 Å². The van der Waals surface area contributed by atoms with E-state index in [4.69, 9.17) is 18.6 Å². The van der Waals surface area contributed by atoms with Crippen LogP contribution >= 0.6 is 0 Å². The van der Waals surface area contributed by atoms with Crippen LogP contribution in [0.4, 0.5) is 0 Å². The van der Waals surface area contributed by atoms with Crippen LogP contribution < -0.4 is 19.6 Å². The Morgan fingerprint density at radius 2 is 1.77 bits per heavy atom. The summed E-state index contributed by atoms with van der Waals surface area (Å²) in [5.41, 5.74) is 1.56. The zero-order chi connectivity index (χ0) is 22.3. The number of carbonyl (C=O) groups is 1. The first-order valence-corrected chi connectivity index (χ1v) is 10.4.